The van der Waals surface area contributed by atoms with Crippen LogP contribution in [0.4, 0.5) is 5.69 Å². The van der Waals surface area contributed by atoms with Crippen molar-refractivity contribution in [3.63, 3.8) is 0 Å². The number of carbonyl (C=O) groups excluding carboxylic acids is 1. The Morgan fingerprint density at radius 3 is 2.89 bits per heavy atom. The summed E-state index contributed by atoms with van der Waals surface area (Å²) >= 11 is 0. The molecule has 1 amide bonds. The molecule has 0 fully saturated rings. The number of nitrogens with one attached hydrogen (secondary N) is 1. The van der Waals surface area contributed by atoms with E-state index >= 15 is 0 Å². The summed E-state index contributed by atoms with van der Waals surface area (Å²) in [6.45, 7) is 2.08. The van der Waals surface area contributed by atoms with Gasteiger partial charge in [-0.25, -0.2) is 0 Å². The van der Waals surface area contributed by atoms with E-state index in [9.17, 15) is 4.79 Å². The second kappa shape index (κ2) is 8.13. The van der Waals surface area contributed by atoms with Gasteiger partial charge in [0.25, 0.3) is 0 Å². The van der Waals surface area contributed by atoms with Crippen molar-refractivity contribution in [2.45, 2.75) is 32.6 Å². The molecule has 0 atom stereocenters. The van der Waals surface area contributed by atoms with Crippen LogP contribution in [0.5, 0.6) is 5.75 Å². The van der Waals surface area contributed by atoms with Crippen molar-refractivity contribution in [3.05, 3.63) is 24.3 Å². The van der Waals surface area contributed by atoms with Crippen LogP contribution in [-0.4, -0.2) is 12.5 Å². The largest absolute Gasteiger partial charge is 0.477 e. The molecule has 0 radical (unpaired) electrons. The number of para-hydroxylation sites is 2. The molecule has 0 saturated heterocycles. The number of carbonyl (C=O) groups is 1. The van der Waals surface area contributed by atoms with Crippen LogP contribution in [0.3, 0.4) is 0 Å². The molecule has 0 heterocycles. The van der Waals surface area contributed by atoms with Crippen LogP contribution in [0.2, 0.25) is 0 Å². The number of amides is 1. The molecule has 0 aliphatic heterocycles. The van der Waals surface area contributed by atoms with Gasteiger partial charge in [-0.15, -0.1) is 0 Å². The Hall–Kier alpha value is -2.02. The molecular weight excluding hydrogens is 228 g/mol. The maximum absolute atomic E-state index is 11.7. The second-order valence-electron chi connectivity index (χ2n) is 3.95. The van der Waals surface area contributed by atoms with Crippen molar-refractivity contribution in [2.24, 2.45) is 0 Å². The summed E-state index contributed by atoms with van der Waals surface area (Å²) in [6.07, 6.45) is 3.55. The SMILES string of the molecule is CCCCCC(=O)Nc1ccccc1OCC#N. The van der Waals surface area contributed by atoms with Crippen molar-refractivity contribution in [3.8, 4) is 11.8 Å². The van der Waals surface area contributed by atoms with Crippen molar-refractivity contribution >= 4 is 11.6 Å². The summed E-state index contributed by atoms with van der Waals surface area (Å²) in [4.78, 5) is 11.7. The lowest BCUT2D eigenvalue weighted by atomic mass is 10.2. The van der Waals surface area contributed by atoms with Crippen LogP contribution in [0.1, 0.15) is 32.6 Å². The van der Waals surface area contributed by atoms with Crippen LogP contribution in [-0.2, 0) is 4.79 Å². The van der Waals surface area contributed by atoms with Gasteiger partial charge >= 0.3 is 0 Å². The van der Waals surface area contributed by atoms with E-state index in [1.807, 2.05) is 12.1 Å². The van der Waals surface area contributed by atoms with Crippen LogP contribution in [0.15, 0.2) is 24.3 Å². The van der Waals surface area contributed by atoms with Gasteiger partial charge in [-0.1, -0.05) is 31.9 Å². The molecule has 1 aromatic carbocycles. The monoisotopic (exact) mass is 246 g/mol. The number of rotatable bonds is 7. The summed E-state index contributed by atoms with van der Waals surface area (Å²) in [7, 11) is 0. The van der Waals surface area contributed by atoms with Crippen molar-refractivity contribution in [1.82, 2.24) is 0 Å². The fraction of sp³-hybridized carbons (Fsp3) is 0.429. The number of nitriles is 1. The lowest BCUT2D eigenvalue weighted by Crippen LogP contribution is -2.12. The molecule has 0 saturated carbocycles. The van der Waals surface area contributed by atoms with Crippen molar-refractivity contribution in [1.29, 1.82) is 5.26 Å². The lowest BCUT2D eigenvalue weighted by Gasteiger charge is -2.10. The third kappa shape index (κ3) is 4.88. The molecule has 4 heteroatoms. The zero-order valence-corrected chi connectivity index (χ0v) is 10.6. The van der Waals surface area contributed by atoms with E-state index in [0.29, 0.717) is 17.9 Å². The summed E-state index contributed by atoms with van der Waals surface area (Å²) in [6, 6.07) is 9.03. The molecule has 18 heavy (non-hydrogen) atoms. The molecule has 1 aromatic rings. The third-order valence-corrected chi connectivity index (χ3v) is 2.46. The van der Waals surface area contributed by atoms with E-state index in [1.165, 1.54) is 0 Å². The fourth-order valence-corrected chi connectivity index (χ4v) is 1.55. The standard InChI is InChI=1S/C14H18N2O2/c1-2-3-4-9-14(17)16-12-7-5-6-8-13(12)18-11-10-15/h5-8H,2-4,9,11H2,1H3,(H,16,17). The maximum atomic E-state index is 11.7. The van der Waals surface area contributed by atoms with Gasteiger partial charge in [0.05, 0.1) is 5.69 Å². The first-order valence-corrected chi connectivity index (χ1v) is 6.16. The Morgan fingerprint density at radius 1 is 1.39 bits per heavy atom. The van der Waals surface area contributed by atoms with Gasteiger partial charge in [0.2, 0.25) is 5.91 Å². The highest BCUT2D eigenvalue weighted by Gasteiger charge is 2.06. The van der Waals surface area contributed by atoms with Crippen LogP contribution in [0.25, 0.3) is 0 Å². The van der Waals surface area contributed by atoms with E-state index < -0.39 is 0 Å². The third-order valence-electron chi connectivity index (χ3n) is 2.46. The Morgan fingerprint density at radius 2 is 2.17 bits per heavy atom. The molecule has 0 aliphatic carbocycles. The van der Waals surface area contributed by atoms with Crippen LogP contribution < -0.4 is 10.1 Å². The molecule has 4 nitrogen and oxygen atoms in total. The Kier molecular flexibility index (Phi) is 6.34. The second-order valence-corrected chi connectivity index (χ2v) is 3.95. The predicted molar refractivity (Wildman–Crippen MR) is 70.3 cm³/mol. The minimum Gasteiger partial charge on any atom is -0.477 e. The number of hydrogen-bond donors (Lipinski definition) is 1. The summed E-state index contributed by atoms with van der Waals surface area (Å²) in [5.74, 6) is 0.513. The molecule has 1 rings (SSSR count). The van der Waals surface area contributed by atoms with Crippen molar-refractivity contribution in [2.75, 3.05) is 11.9 Å². The summed E-state index contributed by atoms with van der Waals surface area (Å²) in [5, 5.41) is 11.3. The highest BCUT2D eigenvalue weighted by atomic mass is 16.5. The topological polar surface area (TPSA) is 62.1 Å². The van der Waals surface area contributed by atoms with E-state index in [2.05, 4.69) is 12.2 Å². The van der Waals surface area contributed by atoms with Crippen LogP contribution >= 0.6 is 0 Å². The minimum absolute atomic E-state index is 0.0172. The van der Waals surface area contributed by atoms with Gasteiger partial charge in [0, 0.05) is 6.42 Å². The zero-order chi connectivity index (χ0) is 13.2. The van der Waals surface area contributed by atoms with E-state index in [1.54, 1.807) is 18.2 Å². The molecular formula is C14H18N2O2. The normalized spacial score (nSPS) is 9.56. The number of anilines is 1. The molecule has 0 unspecified atom stereocenters. The molecule has 0 spiro atoms. The maximum Gasteiger partial charge on any atom is 0.224 e. The van der Waals surface area contributed by atoms with Gasteiger partial charge in [-0.3, -0.25) is 4.79 Å². The van der Waals surface area contributed by atoms with Gasteiger partial charge in [-0.05, 0) is 18.6 Å². The molecule has 1 N–H and O–H groups in total. The number of unbranched alkanes of at least 4 members (excludes halogenated alkanes) is 2. The first-order chi connectivity index (χ1) is 8.77. The first-order valence-electron chi connectivity index (χ1n) is 6.16. The molecule has 0 bridgehead atoms. The number of hydrogen-bond acceptors (Lipinski definition) is 3. The van der Waals surface area contributed by atoms with E-state index in [-0.39, 0.29) is 12.5 Å². The number of nitrogens with zero attached hydrogens (tertiary/aromatic N) is 1. The summed E-state index contributed by atoms with van der Waals surface area (Å²) < 4.78 is 5.24. The smallest absolute Gasteiger partial charge is 0.224 e. The molecule has 0 aromatic heterocycles. The lowest BCUT2D eigenvalue weighted by molar-refractivity contribution is -0.116. The Bertz CT molecular complexity index is 424. The minimum atomic E-state index is -0.0251. The Labute approximate surface area is 108 Å². The fourth-order valence-electron chi connectivity index (χ4n) is 1.55. The van der Waals surface area contributed by atoms with Gasteiger partial charge in [0.1, 0.15) is 11.8 Å². The van der Waals surface area contributed by atoms with Crippen LogP contribution in [0, 0.1) is 11.3 Å². The highest BCUT2D eigenvalue weighted by Crippen LogP contribution is 2.23. The average Bonchev–Trinajstić information content (AvgIpc) is 2.38. The molecule has 0 aliphatic rings. The van der Waals surface area contributed by atoms with Crippen molar-refractivity contribution < 1.29 is 9.53 Å². The van der Waals surface area contributed by atoms with E-state index in [4.69, 9.17) is 10.00 Å². The average molecular weight is 246 g/mol. The van der Waals surface area contributed by atoms with Gasteiger partial charge in [-0.2, -0.15) is 5.26 Å². The highest BCUT2D eigenvalue weighted by molar-refractivity contribution is 5.92. The summed E-state index contributed by atoms with van der Waals surface area (Å²) in [5.41, 5.74) is 0.620. The quantitative estimate of drug-likeness (QED) is 0.752. The number of benzene rings is 1. The van der Waals surface area contributed by atoms with Gasteiger partial charge < -0.3 is 10.1 Å². The first kappa shape index (κ1) is 14.0. The predicted octanol–water partition coefficient (Wildman–Crippen LogP) is 3.11. The Balaban J connectivity index is 2.55. The van der Waals surface area contributed by atoms with E-state index in [0.717, 1.165) is 19.3 Å². The van der Waals surface area contributed by atoms with Gasteiger partial charge in [0.15, 0.2) is 6.61 Å². The number of ether oxygens (including phenoxy) is 1. The zero-order valence-electron chi connectivity index (χ0n) is 10.6. The molecule has 96 valence electrons.